The summed E-state index contributed by atoms with van der Waals surface area (Å²) in [6, 6.07) is 11.6. The lowest BCUT2D eigenvalue weighted by Gasteiger charge is -2.14. The molecule has 0 aliphatic rings. The fraction of sp³-hybridized carbons (Fsp3) is 0. The van der Waals surface area contributed by atoms with Crippen LogP contribution in [0.3, 0.4) is 0 Å². The molecule has 0 aliphatic heterocycles. The van der Waals surface area contributed by atoms with Crippen molar-refractivity contribution in [2.45, 2.75) is 0 Å². The third-order valence-corrected chi connectivity index (χ3v) is 5.17. The molecule has 1 amide bonds. The number of hydrogen-bond donors (Lipinski definition) is 3. The summed E-state index contributed by atoms with van der Waals surface area (Å²) in [7, 11) is 5.77. The summed E-state index contributed by atoms with van der Waals surface area (Å²) in [5, 5.41) is 5.90. The van der Waals surface area contributed by atoms with Crippen molar-refractivity contribution in [3.63, 3.8) is 0 Å². The lowest BCUT2D eigenvalue weighted by atomic mass is 9.96. The molecular formula is C25H15BF3N5O2. The van der Waals surface area contributed by atoms with E-state index in [9.17, 15) is 18.0 Å². The summed E-state index contributed by atoms with van der Waals surface area (Å²) in [6.45, 7) is 0. The van der Waals surface area contributed by atoms with Gasteiger partial charge in [0.2, 0.25) is 0 Å². The van der Waals surface area contributed by atoms with Crippen molar-refractivity contribution in [1.82, 2.24) is 15.0 Å². The normalized spacial score (nSPS) is 10.9. The lowest BCUT2D eigenvalue weighted by Crippen LogP contribution is -2.19. The van der Waals surface area contributed by atoms with Crippen molar-refractivity contribution >= 4 is 47.4 Å². The summed E-state index contributed by atoms with van der Waals surface area (Å²) in [5.74, 6) is -2.71. The van der Waals surface area contributed by atoms with Gasteiger partial charge in [-0.15, -0.1) is 0 Å². The first-order valence-corrected chi connectivity index (χ1v) is 10.6. The van der Waals surface area contributed by atoms with E-state index in [0.29, 0.717) is 22.8 Å². The first-order valence-electron chi connectivity index (χ1n) is 10.6. The molecule has 5 rings (SSSR count). The average Bonchev–Trinajstić information content (AvgIpc) is 3.33. The molecule has 3 aromatic heterocycles. The molecule has 3 heterocycles. The van der Waals surface area contributed by atoms with Crippen LogP contribution < -0.4 is 20.8 Å². The van der Waals surface area contributed by atoms with E-state index in [1.165, 1.54) is 30.5 Å². The number of amides is 1. The lowest BCUT2D eigenvalue weighted by molar-refractivity contribution is 0.102. The molecule has 0 saturated carbocycles. The van der Waals surface area contributed by atoms with Gasteiger partial charge in [-0.25, -0.2) is 23.1 Å². The second-order valence-corrected chi connectivity index (χ2v) is 7.66. The van der Waals surface area contributed by atoms with E-state index < -0.39 is 23.4 Å². The number of benzene rings is 2. The minimum Gasteiger partial charge on any atom is -0.453 e. The number of carbonyl (C=O) groups is 1. The van der Waals surface area contributed by atoms with Crippen molar-refractivity contribution in [3.05, 3.63) is 96.2 Å². The summed E-state index contributed by atoms with van der Waals surface area (Å²) >= 11 is 0. The van der Waals surface area contributed by atoms with E-state index >= 15 is 0 Å². The Kier molecular flexibility index (Phi) is 6.03. The minimum absolute atomic E-state index is 0.0238. The predicted molar refractivity (Wildman–Crippen MR) is 130 cm³/mol. The van der Waals surface area contributed by atoms with Gasteiger partial charge in [-0.05, 0) is 36.4 Å². The molecule has 7 nitrogen and oxygen atoms in total. The highest BCUT2D eigenvalue weighted by molar-refractivity contribution is 6.32. The molecule has 36 heavy (non-hydrogen) atoms. The Labute approximate surface area is 203 Å². The number of carbonyl (C=O) groups excluding carboxylic acids is 1. The number of nitrogens with zero attached hydrogens (tertiary/aromatic N) is 2. The zero-order valence-corrected chi connectivity index (χ0v) is 18.4. The smallest absolute Gasteiger partial charge is 0.259 e. The fourth-order valence-electron chi connectivity index (χ4n) is 3.48. The van der Waals surface area contributed by atoms with E-state index in [2.05, 4.69) is 25.6 Å². The van der Waals surface area contributed by atoms with Gasteiger partial charge in [-0.3, -0.25) is 4.79 Å². The van der Waals surface area contributed by atoms with Crippen molar-refractivity contribution in [2.24, 2.45) is 0 Å². The highest BCUT2D eigenvalue weighted by Crippen LogP contribution is 2.32. The third kappa shape index (κ3) is 4.71. The molecule has 176 valence electrons. The molecule has 0 spiro atoms. The van der Waals surface area contributed by atoms with Gasteiger partial charge in [-0.1, -0.05) is 11.5 Å². The van der Waals surface area contributed by atoms with Crippen molar-refractivity contribution < 1.29 is 22.7 Å². The number of aromatic nitrogens is 3. The van der Waals surface area contributed by atoms with Crippen LogP contribution in [-0.4, -0.2) is 28.7 Å². The molecule has 3 N–H and O–H groups in total. The number of nitrogens with one attached hydrogen (secondary N) is 3. The van der Waals surface area contributed by atoms with Crippen LogP contribution in [0.4, 0.5) is 30.4 Å². The number of anilines is 3. The second kappa shape index (κ2) is 9.45. The van der Waals surface area contributed by atoms with Crippen LogP contribution in [0.1, 0.15) is 10.4 Å². The van der Waals surface area contributed by atoms with Crippen LogP contribution in [0.15, 0.2) is 73.2 Å². The Hall–Kier alpha value is -4.80. The molecule has 0 unspecified atom stereocenters. The Morgan fingerprint density at radius 3 is 2.61 bits per heavy atom. The van der Waals surface area contributed by atoms with Gasteiger partial charge in [0.1, 0.15) is 36.7 Å². The number of halogens is 3. The summed E-state index contributed by atoms with van der Waals surface area (Å²) in [6.07, 6.45) is 4.54. The summed E-state index contributed by atoms with van der Waals surface area (Å²) in [4.78, 5) is 24.0. The van der Waals surface area contributed by atoms with Crippen LogP contribution in [0.5, 0.6) is 11.5 Å². The molecule has 0 saturated heterocycles. The van der Waals surface area contributed by atoms with Crippen LogP contribution in [0.25, 0.3) is 11.0 Å². The van der Waals surface area contributed by atoms with Crippen LogP contribution >= 0.6 is 0 Å². The molecule has 5 aromatic rings. The number of hydrogen-bond acceptors (Lipinski definition) is 5. The first-order chi connectivity index (χ1) is 17.4. The molecule has 0 atom stereocenters. The maximum Gasteiger partial charge on any atom is 0.259 e. The molecule has 2 aromatic carbocycles. The van der Waals surface area contributed by atoms with Crippen LogP contribution in [0, 0.1) is 17.5 Å². The Morgan fingerprint density at radius 1 is 0.944 bits per heavy atom. The number of fused-ring (bicyclic) bond motifs is 1. The SMILES string of the molecule is [B]c1cnc(Nc2ccc(Oc3ccnc4[nH]ccc34)c(F)c2)c(C(=O)Nc2ccc(F)cc2F)c1. The van der Waals surface area contributed by atoms with Gasteiger partial charge in [0.15, 0.2) is 11.6 Å². The predicted octanol–water partition coefficient (Wildman–Crippen LogP) is 4.96. The Balaban J connectivity index is 1.38. The average molecular weight is 485 g/mol. The van der Waals surface area contributed by atoms with E-state index in [-0.39, 0.29) is 34.0 Å². The quantitative estimate of drug-likeness (QED) is 0.296. The molecule has 0 aliphatic carbocycles. The van der Waals surface area contributed by atoms with E-state index in [4.69, 9.17) is 12.6 Å². The fourth-order valence-corrected chi connectivity index (χ4v) is 3.48. The Bertz CT molecular complexity index is 1610. The monoisotopic (exact) mass is 485 g/mol. The number of H-pyrrole nitrogens is 1. The summed E-state index contributed by atoms with van der Waals surface area (Å²) < 4.78 is 47.8. The topological polar surface area (TPSA) is 91.9 Å². The molecular weight excluding hydrogens is 470 g/mol. The Morgan fingerprint density at radius 2 is 1.81 bits per heavy atom. The zero-order valence-electron chi connectivity index (χ0n) is 18.4. The number of rotatable bonds is 6. The largest absolute Gasteiger partial charge is 0.453 e. The molecule has 0 fully saturated rings. The first kappa shape index (κ1) is 23.0. The zero-order chi connectivity index (χ0) is 25.2. The van der Waals surface area contributed by atoms with Crippen molar-refractivity contribution in [1.29, 1.82) is 0 Å². The molecule has 11 heteroatoms. The van der Waals surface area contributed by atoms with Crippen LogP contribution in [-0.2, 0) is 0 Å². The molecule has 0 bridgehead atoms. The van der Waals surface area contributed by atoms with Crippen molar-refractivity contribution in [3.8, 4) is 11.5 Å². The molecule has 2 radical (unpaired) electrons. The minimum atomic E-state index is -0.946. The van der Waals surface area contributed by atoms with Gasteiger partial charge in [-0.2, -0.15) is 0 Å². The standard InChI is InChI=1S/C25H15BF3N5O2/c26-13-9-17(25(35)34-20-3-1-14(27)10-18(20)28)24(32-12-13)33-15-2-4-22(19(29)11-15)36-21-6-8-31-23-16(21)5-7-30-23/h1-12H,(H,30,31)(H,32,33)(H,34,35). The summed E-state index contributed by atoms with van der Waals surface area (Å²) in [5.41, 5.74) is 0.780. The van der Waals surface area contributed by atoms with Crippen molar-refractivity contribution in [2.75, 3.05) is 10.6 Å². The highest BCUT2D eigenvalue weighted by atomic mass is 19.1. The van der Waals surface area contributed by atoms with E-state index in [0.717, 1.165) is 12.1 Å². The number of ether oxygens (including phenoxy) is 1. The number of pyridine rings is 2. The van der Waals surface area contributed by atoms with Gasteiger partial charge < -0.3 is 20.4 Å². The van der Waals surface area contributed by atoms with Crippen LogP contribution in [0.2, 0.25) is 0 Å². The number of aromatic amines is 1. The van der Waals surface area contributed by atoms with E-state index in [1.54, 1.807) is 24.5 Å². The maximum absolute atomic E-state index is 14.9. The second-order valence-electron chi connectivity index (χ2n) is 7.66. The highest BCUT2D eigenvalue weighted by Gasteiger charge is 2.17. The maximum atomic E-state index is 14.9. The van der Waals surface area contributed by atoms with E-state index in [1.807, 2.05) is 0 Å². The van der Waals surface area contributed by atoms with Gasteiger partial charge in [0.25, 0.3) is 5.91 Å². The van der Waals surface area contributed by atoms with Gasteiger partial charge >= 0.3 is 0 Å². The van der Waals surface area contributed by atoms with Gasteiger partial charge in [0.05, 0.1) is 16.6 Å². The van der Waals surface area contributed by atoms with Gasteiger partial charge in [0, 0.05) is 36.4 Å². The third-order valence-electron chi connectivity index (χ3n) is 5.17.